The van der Waals surface area contributed by atoms with Crippen molar-refractivity contribution in [3.8, 4) is 0 Å². The van der Waals surface area contributed by atoms with E-state index in [1.807, 2.05) is 0 Å². The molecule has 0 bridgehead atoms. The Bertz CT molecular complexity index is 434. The fourth-order valence-electron chi connectivity index (χ4n) is 3.55. The maximum absolute atomic E-state index is 2.46. The molecule has 2 rings (SSSR count). The van der Waals surface area contributed by atoms with E-state index in [0.29, 0.717) is 5.41 Å². The summed E-state index contributed by atoms with van der Waals surface area (Å²) in [5, 5.41) is 0. The predicted molar refractivity (Wildman–Crippen MR) is 89.3 cm³/mol. The van der Waals surface area contributed by atoms with E-state index in [-0.39, 0.29) is 5.41 Å². The van der Waals surface area contributed by atoms with Gasteiger partial charge in [-0.25, -0.2) is 0 Å². The first-order valence-electron chi connectivity index (χ1n) is 8.28. The normalized spacial score (nSPS) is 24.7. The molecule has 1 aliphatic rings. The van der Waals surface area contributed by atoms with Gasteiger partial charge in [-0.15, -0.1) is 0 Å². The number of benzene rings is 1. The maximum atomic E-state index is 2.46. The molecule has 0 aromatic heterocycles. The summed E-state index contributed by atoms with van der Waals surface area (Å²) in [6.45, 7) is 14.1. The summed E-state index contributed by atoms with van der Waals surface area (Å²) in [5.74, 6) is 1.69. The monoisotopic (exact) mass is 272 g/mol. The van der Waals surface area contributed by atoms with Crippen molar-refractivity contribution in [3.05, 3.63) is 35.4 Å². The molecule has 20 heavy (non-hydrogen) atoms. The molecule has 0 aliphatic heterocycles. The Hall–Kier alpha value is -0.780. The van der Waals surface area contributed by atoms with E-state index in [2.05, 4.69) is 65.8 Å². The zero-order valence-corrected chi connectivity index (χ0v) is 14.3. The summed E-state index contributed by atoms with van der Waals surface area (Å²) in [6, 6.07) is 9.34. The molecule has 0 heteroatoms. The van der Waals surface area contributed by atoms with Crippen molar-refractivity contribution in [2.24, 2.45) is 11.3 Å². The van der Waals surface area contributed by atoms with Crippen LogP contribution in [-0.4, -0.2) is 0 Å². The highest BCUT2D eigenvalue weighted by Crippen LogP contribution is 2.43. The van der Waals surface area contributed by atoms with Crippen molar-refractivity contribution in [3.63, 3.8) is 0 Å². The SMILES string of the molecule is CC(C)(C)c1cccc(C2CCC(C(C)(C)C)CC2)c1. The van der Waals surface area contributed by atoms with Crippen LogP contribution in [-0.2, 0) is 5.41 Å². The molecule has 0 saturated heterocycles. The van der Waals surface area contributed by atoms with Crippen molar-refractivity contribution >= 4 is 0 Å². The van der Waals surface area contributed by atoms with E-state index >= 15 is 0 Å². The first kappa shape index (κ1) is 15.6. The molecule has 0 atom stereocenters. The largest absolute Gasteiger partial charge is 0.0617 e. The van der Waals surface area contributed by atoms with Gasteiger partial charge in [0.1, 0.15) is 0 Å². The van der Waals surface area contributed by atoms with Gasteiger partial charge in [-0.1, -0.05) is 65.8 Å². The van der Waals surface area contributed by atoms with E-state index in [1.54, 1.807) is 5.56 Å². The van der Waals surface area contributed by atoms with Gasteiger partial charge in [0.25, 0.3) is 0 Å². The second-order valence-electron chi connectivity index (χ2n) is 8.79. The molecule has 0 nitrogen and oxygen atoms in total. The topological polar surface area (TPSA) is 0 Å². The highest BCUT2D eigenvalue weighted by molar-refractivity contribution is 5.31. The van der Waals surface area contributed by atoms with Gasteiger partial charge in [-0.05, 0) is 59.5 Å². The standard InChI is InChI=1S/C20H32/c1-19(2,3)17-12-10-15(11-13-17)16-8-7-9-18(14-16)20(4,5)6/h7-9,14-15,17H,10-13H2,1-6H3. The van der Waals surface area contributed by atoms with Gasteiger partial charge in [0, 0.05) is 0 Å². The van der Waals surface area contributed by atoms with Crippen LogP contribution < -0.4 is 0 Å². The minimum absolute atomic E-state index is 0.263. The van der Waals surface area contributed by atoms with Gasteiger partial charge in [0.15, 0.2) is 0 Å². The molecule has 112 valence electrons. The quantitative estimate of drug-likeness (QED) is 0.562. The molecular formula is C20H32. The van der Waals surface area contributed by atoms with E-state index in [1.165, 1.54) is 31.2 Å². The summed E-state index contributed by atoms with van der Waals surface area (Å²) in [6.07, 6.45) is 5.53. The molecular weight excluding hydrogens is 240 g/mol. The van der Waals surface area contributed by atoms with Crippen molar-refractivity contribution in [1.29, 1.82) is 0 Å². The summed E-state index contributed by atoms with van der Waals surface area (Å²) in [7, 11) is 0. The summed E-state index contributed by atoms with van der Waals surface area (Å²) < 4.78 is 0. The van der Waals surface area contributed by atoms with E-state index in [9.17, 15) is 0 Å². The fraction of sp³-hybridized carbons (Fsp3) is 0.700. The lowest BCUT2D eigenvalue weighted by Crippen LogP contribution is -2.25. The zero-order chi connectivity index (χ0) is 15.0. The maximum Gasteiger partial charge on any atom is -0.0132 e. The first-order chi connectivity index (χ1) is 9.18. The lowest BCUT2D eigenvalue weighted by atomic mass is 9.68. The third-order valence-corrected chi connectivity index (χ3v) is 5.18. The predicted octanol–water partition coefficient (Wildman–Crippen LogP) is 6.30. The molecule has 0 N–H and O–H groups in total. The van der Waals surface area contributed by atoms with Crippen molar-refractivity contribution < 1.29 is 0 Å². The van der Waals surface area contributed by atoms with Crippen LogP contribution in [0.2, 0.25) is 0 Å². The lowest BCUT2D eigenvalue weighted by Gasteiger charge is -2.37. The third kappa shape index (κ3) is 3.65. The zero-order valence-electron chi connectivity index (χ0n) is 14.3. The van der Waals surface area contributed by atoms with Crippen molar-refractivity contribution in [2.45, 2.75) is 78.6 Å². The minimum Gasteiger partial charge on any atom is -0.0617 e. The van der Waals surface area contributed by atoms with Crippen LogP contribution in [0.3, 0.4) is 0 Å². The summed E-state index contributed by atoms with van der Waals surface area (Å²) in [4.78, 5) is 0. The van der Waals surface area contributed by atoms with Crippen LogP contribution in [0.15, 0.2) is 24.3 Å². The number of hydrogen-bond acceptors (Lipinski definition) is 0. The highest BCUT2D eigenvalue weighted by Gasteiger charge is 2.30. The molecule has 1 fully saturated rings. The Morgan fingerprint density at radius 3 is 1.95 bits per heavy atom. The van der Waals surface area contributed by atoms with Crippen LogP contribution >= 0.6 is 0 Å². The van der Waals surface area contributed by atoms with Crippen molar-refractivity contribution in [2.75, 3.05) is 0 Å². The second kappa shape index (κ2) is 5.54. The summed E-state index contributed by atoms with van der Waals surface area (Å²) in [5.41, 5.74) is 3.80. The van der Waals surface area contributed by atoms with E-state index < -0.39 is 0 Å². The highest BCUT2D eigenvalue weighted by atomic mass is 14.4. The van der Waals surface area contributed by atoms with Crippen LogP contribution in [0.5, 0.6) is 0 Å². The Balaban J connectivity index is 2.08. The number of rotatable bonds is 1. The Morgan fingerprint density at radius 1 is 0.850 bits per heavy atom. The Labute approximate surface area is 126 Å². The molecule has 1 aromatic rings. The average molecular weight is 272 g/mol. The molecule has 0 radical (unpaired) electrons. The number of hydrogen-bond donors (Lipinski definition) is 0. The van der Waals surface area contributed by atoms with Crippen molar-refractivity contribution in [1.82, 2.24) is 0 Å². The second-order valence-corrected chi connectivity index (χ2v) is 8.79. The van der Waals surface area contributed by atoms with Gasteiger partial charge in [-0.3, -0.25) is 0 Å². The lowest BCUT2D eigenvalue weighted by molar-refractivity contribution is 0.169. The van der Waals surface area contributed by atoms with Gasteiger partial charge < -0.3 is 0 Å². The molecule has 0 spiro atoms. The van der Waals surface area contributed by atoms with E-state index in [0.717, 1.165) is 11.8 Å². The minimum atomic E-state index is 0.263. The molecule has 0 amide bonds. The van der Waals surface area contributed by atoms with Crippen LogP contribution in [0.1, 0.15) is 84.3 Å². The van der Waals surface area contributed by atoms with Crippen LogP contribution in [0, 0.1) is 11.3 Å². The van der Waals surface area contributed by atoms with Crippen LogP contribution in [0.4, 0.5) is 0 Å². The molecule has 0 unspecified atom stereocenters. The van der Waals surface area contributed by atoms with Gasteiger partial charge in [0.05, 0.1) is 0 Å². The van der Waals surface area contributed by atoms with E-state index in [4.69, 9.17) is 0 Å². The average Bonchev–Trinajstić information content (AvgIpc) is 2.37. The Kier molecular flexibility index (Phi) is 4.33. The molecule has 0 heterocycles. The fourth-order valence-corrected chi connectivity index (χ4v) is 3.55. The smallest absolute Gasteiger partial charge is 0.0132 e. The van der Waals surface area contributed by atoms with Crippen LogP contribution in [0.25, 0.3) is 0 Å². The molecule has 1 saturated carbocycles. The van der Waals surface area contributed by atoms with Gasteiger partial charge in [-0.2, -0.15) is 0 Å². The molecule has 1 aromatic carbocycles. The third-order valence-electron chi connectivity index (χ3n) is 5.18. The first-order valence-corrected chi connectivity index (χ1v) is 8.28. The molecule has 1 aliphatic carbocycles. The van der Waals surface area contributed by atoms with Gasteiger partial charge in [0.2, 0.25) is 0 Å². The van der Waals surface area contributed by atoms with Gasteiger partial charge >= 0.3 is 0 Å². The summed E-state index contributed by atoms with van der Waals surface area (Å²) >= 11 is 0. The Morgan fingerprint density at radius 2 is 1.45 bits per heavy atom.